The van der Waals surface area contributed by atoms with Crippen LogP contribution in [0.1, 0.15) is 11.1 Å². The molecule has 0 N–H and O–H groups in total. The molecular weight excluding hydrogens is 299 g/mol. The van der Waals surface area contributed by atoms with Gasteiger partial charge >= 0.3 is 0 Å². The van der Waals surface area contributed by atoms with Gasteiger partial charge in [0.05, 0.1) is 0 Å². The summed E-state index contributed by atoms with van der Waals surface area (Å²) in [5.74, 6) is 0.630. The van der Waals surface area contributed by atoms with E-state index in [0.29, 0.717) is 0 Å². The van der Waals surface area contributed by atoms with E-state index in [1.807, 2.05) is 6.07 Å². The van der Waals surface area contributed by atoms with Gasteiger partial charge in [-0.2, -0.15) is 0 Å². The first-order valence-electron chi connectivity index (χ1n) is 5.28. The largest absolute Gasteiger partial charge is 0.207 e. The van der Waals surface area contributed by atoms with Gasteiger partial charge in [0.25, 0.3) is 0 Å². The summed E-state index contributed by atoms with van der Waals surface area (Å²) in [6, 6.07) is 13.2. The number of thioether (sulfide) groups is 1. The van der Waals surface area contributed by atoms with Crippen molar-refractivity contribution in [2.24, 2.45) is 0 Å². The monoisotopic (exact) mass is 310 g/mol. The average molecular weight is 311 g/mol. The molecule has 0 unspecified atom stereocenters. The molecule has 17 heavy (non-hydrogen) atoms. The normalized spacial score (nSPS) is 10.5. The Morgan fingerprint density at radius 1 is 1.12 bits per heavy atom. The highest BCUT2D eigenvalue weighted by molar-refractivity contribution is 9.10. The summed E-state index contributed by atoms with van der Waals surface area (Å²) in [6.45, 7) is 2.07. The highest BCUT2D eigenvalue weighted by Crippen LogP contribution is 2.27. The molecular formula is C14H12BrFS. The van der Waals surface area contributed by atoms with Crippen molar-refractivity contribution in [3.63, 3.8) is 0 Å². The number of halogens is 2. The maximum absolute atomic E-state index is 12.9. The van der Waals surface area contributed by atoms with Crippen LogP contribution in [-0.2, 0) is 5.75 Å². The summed E-state index contributed by atoms with van der Waals surface area (Å²) in [4.78, 5) is 1.23. The lowest BCUT2D eigenvalue weighted by Crippen LogP contribution is -1.85. The minimum absolute atomic E-state index is 0.207. The first-order chi connectivity index (χ1) is 8.15. The van der Waals surface area contributed by atoms with E-state index in [2.05, 4.69) is 47.1 Å². The predicted octanol–water partition coefficient (Wildman–Crippen LogP) is 5.19. The van der Waals surface area contributed by atoms with Crippen molar-refractivity contribution in [1.29, 1.82) is 0 Å². The fraction of sp³-hybridized carbons (Fsp3) is 0.143. The summed E-state index contributed by atoms with van der Waals surface area (Å²) >= 11 is 5.13. The maximum Gasteiger partial charge on any atom is 0.124 e. The van der Waals surface area contributed by atoms with E-state index in [4.69, 9.17) is 0 Å². The molecule has 0 amide bonds. The summed E-state index contributed by atoms with van der Waals surface area (Å²) < 4.78 is 13.7. The van der Waals surface area contributed by atoms with Gasteiger partial charge in [0.2, 0.25) is 0 Å². The molecule has 0 heterocycles. The number of hydrogen-bond acceptors (Lipinski definition) is 1. The molecule has 0 aliphatic carbocycles. The Morgan fingerprint density at radius 2 is 1.82 bits per heavy atom. The molecule has 2 rings (SSSR count). The highest BCUT2D eigenvalue weighted by Gasteiger charge is 2.02. The fourth-order valence-corrected chi connectivity index (χ4v) is 3.01. The van der Waals surface area contributed by atoms with E-state index in [1.165, 1.54) is 22.6 Å². The number of rotatable bonds is 3. The molecule has 2 aromatic rings. The zero-order valence-electron chi connectivity index (χ0n) is 9.41. The van der Waals surface area contributed by atoms with Gasteiger partial charge in [-0.25, -0.2) is 4.39 Å². The van der Waals surface area contributed by atoms with Crippen molar-refractivity contribution >= 4 is 27.7 Å². The highest BCUT2D eigenvalue weighted by atomic mass is 79.9. The van der Waals surface area contributed by atoms with Crippen molar-refractivity contribution in [2.75, 3.05) is 0 Å². The van der Waals surface area contributed by atoms with Gasteiger partial charge in [0.1, 0.15) is 5.82 Å². The molecule has 0 saturated heterocycles. The molecule has 0 aromatic heterocycles. The third-order valence-corrected chi connectivity index (χ3v) is 4.23. The Labute approximate surface area is 113 Å². The third-order valence-electron chi connectivity index (χ3n) is 2.43. The Morgan fingerprint density at radius 3 is 2.47 bits per heavy atom. The molecule has 2 aromatic carbocycles. The summed E-state index contributed by atoms with van der Waals surface area (Å²) in [5, 5.41) is 0. The van der Waals surface area contributed by atoms with Crippen molar-refractivity contribution in [3.05, 3.63) is 63.9 Å². The second-order valence-corrected chi connectivity index (χ2v) is 5.74. The Hall–Kier alpha value is -0.800. The molecule has 0 atom stereocenters. The lowest BCUT2D eigenvalue weighted by Gasteiger charge is -2.05. The van der Waals surface area contributed by atoms with E-state index in [1.54, 1.807) is 11.8 Å². The zero-order chi connectivity index (χ0) is 12.3. The Kier molecular flexibility index (Phi) is 4.24. The smallest absolute Gasteiger partial charge is 0.124 e. The second-order valence-electron chi connectivity index (χ2n) is 3.84. The molecule has 3 heteroatoms. The standard InChI is InChI=1S/C14H12BrFS/c1-10-2-6-13(7-3-10)17-9-11-4-5-12(16)8-14(11)15/h2-8H,9H2,1H3. The van der Waals surface area contributed by atoms with E-state index in [9.17, 15) is 4.39 Å². The molecule has 88 valence electrons. The van der Waals surface area contributed by atoms with Crippen molar-refractivity contribution in [1.82, 2.24) is 0 Å². The maximum atomic E-state index is 12.9. The quantitative estimate of drug-likeness (QED) is 0.703. The molecule has 0 spiro atoms. The third kappa shape index (κ3) is 3.58. The van der Waals surface area contributed by atoms with Gasteiger partial charge < -0.3 is 0 Å². The van der Waals surface area contributed by atoms with Crippen molar-refractivity contribution in [3.8, 4) is 0 Å². The lowest BCUT2D eigenvalue weighted by atomic mass is 10.2. The van der Waals surface area contributed by atoms with Gasteiger partial charge in [-0.15, -0.1) is 11.8 Å². The van der Waals surface area contributed by atoms with Crippen LogP contribution in [-0.4, -0.2) is 0 Å². The van der Waals surface area contributed by atoms with E-state index < -0.39 is 0 Å². The van der Waals surface area contributed by atoms with Crippen LogP contribution in [0.5, 0.6) is 0 Å². The van der Waals surface area contributed by atoms with Crippen LogP contribution < -0.4 is 0 Å². The van der Waals surface area contributed by atoms with Crippen LogP contribution in [0.4, 0.5) is 4.39 Å². The van der Waals surface area contributed by atoms with Crippen LogP contribution in [0, 0.1) is 12.7 Å². The minimum Gasteiger partial charge on any atom is -0.207 e. The second kappa shape index (κ2) is 5.69. The number of hydrogen-bond donors (Lipinski definition) is 0. The topological polar surface area (TPSA) is 0 Å². The van der Waals surface area contributed by atoms with Gasteiger partial charge in [-0.1, -0.05) is 39.7 Å². The molecule has 0 saturated carbocycles. The lowest BCUT2D eigenvalue weighted by molar-refractivity contribution is 0.626. The van der Waals surface area contributed by atoms with E-state index in [0.717, 1.165) is 15.8 Å². The molecule has 0 bridgehead atoms. The zero-order valence-corrected chi connectivity index (χ0v) is 11.8. The van der Waals surface area contributed by atoms with Crippen molar-refractivity contribution in [2.45, 2.75) is 17.6 Å². The first kappa shape index (κ1) is 12.7. The van der Waals surface area contributed by atoms with Gasteiger partial charge in [0.15, 0.2) is 0 Å². The fourth-order valence-electron chi connectivity index (χ4n) is 1.43. The van der Waals surface area contributed by atoms with Crippen LogP contribution in [0.3, 0.4) is 0 Å². The Balaban J connectivity index is 2.04. The molecule has 0 radical (unpaired) electrons. The summed E-state index contributed by atoms with van der Waals surface area (Å²) in [5.41, 5.74) is 2.37. The number of aryl methyl sites for hydroxylation is 1. The van der Waals surface area contributed by atoms with Crippen LogP contribution in [0.25, 0.3) is 0 Å². The molecule has 0 nitrogen and oxygen atoms in total. The van der Waals surface area contributed by atoms with Crippen LogP contribution >= 0.6 is 27.7 Å². The number of benzene rings is 2. The van der Waals surface area contributed by atoms with Crippen molar-refractivity contribution < 1.29 is 4.39 Å². The van der Waals surface area contributed by atoms with Gasteiger partial charge in [-0.05, 0) is 36.8 Å². The Bertz CT molecular complexity index is 508. The molecule has 0 aliphatic heterocycles. The SMILES string of the molecule is Cc1ccc(SCc2ccc(F)cc2Br)cc1. The van der Waals surface area contributed by atoms with Crippen LogP contribution in [0.15, 0.2) is 51.8 Å². The summed E-state index contributed by atoms with van der Waals surface area (Å²) in [7, 11) is 0. The molecule has 0 aliphatic rings. The minimum atomic E-state index is -0.207. The predicted molar refractivity (Wildman–Crippen MR) is 74.8 cm³/mol. The van der Waals surface area contributed by atoms with Gasteiger partial charge in [0, 0.05) is 15.1 Å². The summed E-state index contributed by atoms with van der Waals surface area (Å²) in [6.07, 6.45) is 0. The first-order valence-corrected chi connectivity index (χ1v) is 7.06. The van der Waals surface area contributed by atoms with E-state index in [-0.39, 0.29) is 5.82 Å². The van der Waals surface area contributed by atoms with E-state index >= 15 is 0 Å². The average Bonchev–Trinajstić information content (AvgIpc) is 2.30. The molecule has 0 fully saturated rings. The van der Waals surface area contributed by atoms with Gasteiger partial charge in [-0.3, -0.25) is 0 Å². The van der Waals surface area contributed by atoms with Crippen LogP contribution in [0.2, 0.25) is 0 Å².